The topological polar surface area (TPSA) is 57.8 Å². The number of rotatable bonds is 4. The molecule has 0 unspecified atom stereocenters. The molecule has 18 heavy (non-hydrogen) atoms. The SMILES string of the molecule is CCCc1ccc(NC(=O)c2ccn[nH]2)cc1F. The lowest BCUT2D eigenvalue weighted by Crippen LogP contribution is -2.12. The number of nitrogens with zero attached hydrogens (tertiary/aromatic N) is 1. The van der Waals surface area contributed by atoms with Crippen LogP contribution in [0.15, 0.2) is 30.5 Å². The largest absolute Gasteiger partial charge is 0.321 e. The molecule has 0 saturated carbocycles. The minimum Gasteiger partial charge on any atom is -0.321 e. The van der Waals surface area contributed by atoms with Crippen molar-refractivity contribution in [2.24, 2.45) is 0 Å². The van der Waals surface area contributed by atoms with Crippen LogP contribution < -0.4 is 5.32 Å². The van der Waals surface area contributed by atoms with Crippen LogP contribution in [0.4, 0.5) is 10.1 Å². The van der Waals surface area contributed by atoms with E-state index in [1.165, 1.54) is 12.3 Å². The Morgan fingerprint density at radius 3 is 2.89 bits per heavy atom. The summed E-state index contributed by atoms with van der Waals surface area (Å²) in [7, 11) is 0. The first-order chi connectivity index (χ1) is 8.70. The fourth-order valence-electron chi connectivity index (χ4n) is 1.68. The third-order valence-corrected chi connectivity index (χ3v) is 2.58. The number of aromatic nitrogens is 2. The molecule has 2 rings (SSSR count). The molecule has 0 atom stereocenters. The highest BCUT2D eigenvalue weighted by Crippen LogP contribution is 2.16. The van der Waals surface area contributed by atoms with E-state index in [0.717, 1.165) is 6.42 Å². The van der Waals surface area contributed by atoms with Crippen LogP contribution in [0.1, 0.15) is 29.4 Å². The number of H-pyrrole nitrogens is 1. The van der Waals surface area contributed by atoms with Crippen molar-refractivity contribution in [3.63, 3.8) is 0 Å². The van der Waals surface area contributed by atoms with Crippen molar-refractivity contribution in [2.75, 3.05) is 5.32 Å². The average Bonchev–Trinajstić information content (AvgIpc) is 2.86. The molecule has 0 radical (unpaired) electrons. The number of aryl methyl sites for hydroxylation is 1. The number of hydrogen-bond donors (Lipinski definition) is 2. The van der Waals surface area contributed by atoms with Crippen LogP contribution in [0.3, 0.4) is 0 Å². The van der Waals surface area contributed by atoms with E-state index < -0.39 is 0 Å². The second kappa shape index (κ2) is 5.44. The van der Waals surface area contributed by atoms with E-state index in [2.05, 4.69) is 15.5 Å². The molecule has 5 heteroatoms. The van der Waals surface area contributed by atoms with Gasteiger partial charge in [-0.3, -0.25) is 9.89 Å². The van der Waals surface area contributed by atoms with Gasteiger partial charge in [0.25, 0.3) is 5.91 Å². The van der Waals surface area contributed by atoms with Gasteiger partial charge in [-0.25, -0.2) is 4.39 Å². The lowest BCUT2D eigenvalue weighted by molar-refractivity contribution is 0.102. The molecule has 0 bridgehead atoms. The normalized spacial score (nSPS) is 10.3. The van der Waals surface area contributed by atoms with Gasteiger partial charge in [-0.2, -0.15) is 5.10 Å². The van der Waals surface area contributed by atoms with Gasteiger partial charge in [0.05, 0.1) is 0 Å². The zero-order valence-electron chi connectivity index (χ0n) is 10.0. The predicted molar refractivity (Wildman–Crippen MR) is 66.9 cm³/mol. The van der Waals surface area contributed by atoms with E-state index >= 15 is 0 Å². The summed E-state index contributed by atoms with van der Waals surface area (Å²) in [4.78, 5) is 11.7. The predicted octanol–water partition coefficient (Wildman–Crippen LogP) is 2.75. The van der Waals surface area contributed by atoms with Gasteiger partial charge in [0.2, 0.25) is 0 Å². The van der Waals surface area contributed by atoms with Gasteiger partial charge >= 0.3 is 0 Å². The van der Waals surface area contributed by atoms with E-state index in [4.69, 9.17) is 0 Å². The molecule has 2 aromatic rings. The number of carbonyl (C=O) groups excluding carboxylic acids is 1. The molecule has 0 aliphatic heterocycles. The molecule has 0 saturated heterocycles. The fourth-order valence-corrected chi connectivity index (χ4v) is 1.68. The van der Waals surface area contributed by atoms with Crippen molar-refractivity contribution in [1.29, 1.82) is 0 Å². The first kappa shape index (κ1) is 12.3. The summed E-state index contributed by atoms with van der Waals surface area (Å²) in [6, 6.07) is 6.28. The standard InChI is InChI=1S/C13H14FN3O/c1-2-3-9-4-5-10(8-11(9)14)16-13(18)12-6-7-15-17-12/h4-8H,2-3H2,1H3,(H,15,17)(H,16,18). The van der Waals surface area contributed by atoms with E-state index in [1.807, 2.05) is 6.92 Å². The molecule has 2 N–H and O–H groups in total. The van der Waals surface area contributed by atoms with E-state index in [-0.39, 0.29) is 11.7 Å². The summed E-state index contributed by atoms with van der Waals surface area (Å²) in [6.45, 7) is 1.99. The summed E-state index contributed by atoms with van der Waals surface area (Å²) < 4.78 is 13.7. The highest BCUT2D eigenvalue weighted by molar-refractivity contribution is 6.02. The zero-order chi connectivity index (χ0) is 13.0. The van der Waals surface area contributed by atoms with Crippen molar-refractivity contribution >= 4 is 11.6 Å². The maximum absolute atomic E-state index is 13.7. The van der Waals surface area contributed by atoms with Crippen molar-refractivity contribution < 1.29 is 9.18 Å². The Kier molecular flexibility index (Phi) is 3.72. The van der Waals surface area contributed by atoms with Crippen molar-refractivity contribution in [2.45, 2.75) is 19.8 Å². The zero-order valence-corrected chi connectivity index (χ0v) is 10.0. The Morgan fingerprint density at radius 2 is 2.28 bits per heavy atom. The van der Waals surface area contributed by atoms with Gasteiger partial charge in [0.1, 0.15) is 11.5 Å². The Hall–Kier alpha value is -2.17. The molecular formula is C13H14FN3O. The molecule has 94 valence electrons. The average molecular weight is 247 g/mol. The molecule has 4 nitrogen and oxygen atoms in total. The molecule has 1 heterocycles. The Labute approximate surface area is 104 Å². The number of anilines is 1. The third kappa shape index (κ3) is 2.74. The summed E-state index contributed by atoms with van der Waals surface area (Å²) in [6.07, 6.45) is 3.07. The van der Waals surface area contributed by atoms with E-state index in [1.54, 1.807) is 18.2 Å². The minimum atomic E-state index is -0.338. The fraction of sp³-hybridized carbons (Fsp3) is 0.231. The van der Waals surface area contributed by atoms with E-state index in [9.17, 15) is 9.18 Å². The lowest BCUT2D eigenvalue weighted by Gasteiger charge is -2.06. The van der Waals surface area contributed by atoms with Crippen molar-refractivity contribution in [3.05, 3.63) is 47.5 Å². The monoisotopic (exact) mass is 247 g/mol. The summed E-state index contributed by atoms with van der Waals surface area (Å²) >= 11 is 0. The quantitative estimate of drug-likeness (QED) is 0.872. The smallest absolute Gasteiger partial charge is 0.273 e. The molecular weight excluding hydrogens is 233 g/mol. The van der Waals surface area contributed by atoms with Gasteiger partial charge in [-0.05, 0) is 30.2 Å². The highest BCUT2D eigenvalue weighted by atomic mass is 19.1. The number of amides is 1. The number of aromatic amines is 1. The number of carbonyl (C=O) groups is 1. The third-order valence-electron chi connectivity index (χ3n) is 2.58. The molecule has 0 fully saturated rings. The van der Waals surface area contributed by atoms with Crippen LogP contribution in [0.5, 0.6) is 0 Å². The number of benzene rings is 1. The van der Waals surface area contributed by atoms with Crippen LogP contribution in [-0.4, -0.2) is 16.1 Å². The summed E-state index contributed by atoms with van der Waals surface area (Å²) in [5.74, 6) is -0.630. The van der Waals surface area contributed by atoms with Gasteiger partial charge in [-0.15, -0.1) is 0 Å². The second-order valence-electron chi connectivity index (χ2n) is 3.98. The molecule has 1 amide bonds. The molecule has 0 aliphatic rings. The van der Waals surface area contributed by atoms with Gasteiger partial charge < -0.3 is 5.32 Å². The van der Waals surface area contributed by atoms with Crippen LogP contribution in [0.2, 0.25) is 0 Å². The first-order valence-electron chi connectivity index (χ1n) is 5.80. The first-order valence-corrected chi connectivity index (χ1v) is 5.80. The van der Waals surface area contributed by atoms with Crippen LogP contribution in [-0.2, 0) is 6.42 Å². The molecule has 0 spiro atoms. The second-order valence-corrected chi connectivity index (χ2v) is 3.98. The Morgan fingerprint density at radius 1 is 1.44 bits per heavy atom. The van der Waals surface area contributed by atoms with Crippen LogP contribution in [0, 0.1) is 5.82 Å². The lowest BCUT2D eigenvalue weighted by atomic mass is 10.1. The summed E-state index contributed by atoms with van der Waals surface area (Å²) in [5, 5.41) is 8.83. The maximum Gasteiger partial charge on any atom is 0.273 e. The number of halogens is 1. The Bertz CT molecular complexity index is 537. The minimum absolute atomic E-state index is 0.292. The highest BCUT2D eigenvalue weighted by Gasteiger charge is 2.08. The van der Waals surface area contributed by atoms with Crippen molar-refractivity contribution in [1.82, 2.24) is 10.2 Å². The Balaban J connectivity index is 2.11. The number of nitrogens with one attached hydrogen (secondary N) is 2. The summed E-state index contributed by atoms with van der Waals surface area (Å²) in [5.41, 5.74) is 1.44. The number of hydrogen-bond acceptors (Lipinski definition) is 2. The van der Waals surface area contributed by atoms with Crippen molar-refractivity contribution in [3.8, 4) is 0 Å². The molecule has 1 aromatic carbocycles. The van der Waals surface area contributed by atoms with E-state index in [0.29, 0.717) is 23.4 Å². The van der Waals surface area contributed by atoms with Gasteiger partial charge in [0, 0.05) is 11.9 Å². The van der Waals surface area contributed by atoms with Gasteiger partial charge in [-0.1, -0.05) is 19.4 Å². The molecule has 1 aromatic heterocycles. The van der Waals surface area contributed by atoms with Gasteiger partial charge in [0.15, 0.2) is 0 Å². The molecule has 0 aliphatic carbocycles. The maximum atomic E-state index is 13.7. The van der Waals surface area contributed by atoms with Crippen LogP contribution >= 0.6 is 0 Å². The van der Waals surface area contributed by atoms with Crippen LogP contribution in [0.25, 0.3) is 0 Å².